The zero-order valence-electron chi connectivity index (χ0n) is 10.7. The van der Waals surface area contributed by atoms with Crippen LogP contribution in [0.4, 0.5) is 8.78 Å². The van der Waals surface area contributed by atoms with Gasteiger partial charge in [-0.3, -0.25) is 0 Å². The van der Waals surface area contributed by atoms with E-state index in [0.717, 1.165) is 39.0 Å². The summed E-state index contributed by atoms with van der Waals surface area (Å²) in [6.45, 7) is 3.47. The van der Waals surface area contributed by atoms with Gasteiger partial charge < -0.3 is 10.2 Å². The monoisotopic (exact) mass is 246 g/mol. The van der Waals surface area contributed by atoms with Gasteiger partial charge in [0.15, 0.2) is 0 Å². The minimum absolute atomic E-state index is 0.114. The normalized spacial score (nSPS) is 26.3. The van der Waals surface area contributed by atoms with Gasteiger partial charge in [0.05, 0.1) is 0 Å². The lowest BCUT2D eigenvalue weighted by atomic mass is 9.82. The van der Waals surface area contributed by atoms with Gasteiger partial charge in [-0.25, -0.2) is 8.78 Å². The van der Waals surface area contributed by atoms with Crippen molar-refractivity contribution in [2.45, 2.75) is 38.0 Å². The molecule has 0 aliphatic carbocycles. The van der Waals surface area contributed by atoms with Crippen LogP contribution >= 0.6 is 0 Å². The summed E-state index contributed by atoms with van der Waals surface area (Å²) in [6.07, 6.45) is 3.27. The molecule has 0 aromatic heterocycles. The number of alkyl halides is 2. The molecule has 0 radical (unpaired) electrons. The Hall–Kier alpha value is -0.220. The molecule has 0 bridgehead atoms. The number of halogens is 2. The third-order valence-corrected chi connectivity index (χ3v) is 4.34. The summed E-state index contributed by atoms with van der Waals surface area (Å²) in [4.78, 5) is 2.15. The molecule has 0 unspecified atom stereocenters. The summed E-state index contributed by atoms with van der Waals surface area (Å²) in [5, 5.41) is 3.23. The van der Waals surface area contributed by atoms with Crippen molar-refractivity contribution in [1.29, 1.82) is 0 Å². The average molecular weight is 246 g/mol. The zero-order chi connectivity index (χ0) is 12.3. The Kier molecular flexibility index (Phi) is 4.36. The lowest BCUT2D eigenvalue weighted by molar-refractivity contribution is -0.0956. The van der Waals surface area contributed by atoms with Crippen LogP contribution in [-0.4, -0.2) is 44.0 Å². The maximum absolute atomic E-state index is 14.2. The predicted octanol–water partition coefficient (Wildman–Crippen LogP) is 2.35. The van der Waals surface area contributed by atoms with E-state index < -0.39 is 5.92 Å². The number of rotatable bonds is 3. The molecule has 0 aromatic rings. The third-order valence-electron chi connectivity index (χ3n) is 4.34. The molecule has 0 spiro atoms. The summed E-state index contributed by atoms with van der Waals surface area (Å²) >= 11 is 0. The second-order valence-electron chi connectivity index (χ2n) is 5.74. The largest absolute Gasteiger partial charge is 0.317 e. The summed E-state index contributed by atoms with van der Waals surface area (Å²) in [5.41, 5.74) is 0. The molecule has 0 amide bonds. The van der Waals surface area contributed by atoms with E-state index in [1.54, 1.807) is 0 Å². The van der Waals surface area contributed by atoms with Gasteiger partial charge in [-0.05, 0) is 64.8 Å². The van der Waals surface area contributed by atoms with Crippen molar-refractivity contribution in [2.24, 2.45) is 11.8 Å². The van der Waals surface area contributed by atoms with Crippen LogP contribution in [0.3, 0.4) is 0 Å². The highest BCUT2D eigenvalue weighted by atomic mass is 19.3. The Morgan fingerprint density at radius 3 is 2.29 bits per heavy atom. The van der Waals surface area contributed by atoms with E-state index in [1.807, 2.05) is 7.05 Å². The fourth-order valence-corrected chi connectivity index (χ4v) is 3.07. The Balaban J connectivity index is 1.84. The zero-order valence-corrected chi connectivity index (χ0v) is 10.7. The SMILES string of the molecule is CN1CCC(C(F)(F)CC2CCNCC2)CC1. The van der Waals surface area contributed by atoms with Gasteiger partial charge in [0, 0.05) is 12.3 Å². The molecule has 2 aliphatic heterocycles. The molecule has 2 aliphatic rings. The van der Waals surface area contributed by atoms with Gasteiger partial charge in [0.25, 0.3) is 5.92 Å². The highest BCUT2D eigenvalue weighted by Gasteiger charge is 2.42. The van der Waals surface area contributed by atoms with Crippen LogP contribution in [0.15, 0.2) is 0 Å². The van der Waals surface area contributed by atoms with E-state index in [-0.39, 0.29) is 18.3 Å². The van der Waals surface area contributed by atoms with Crippen LogP contribution in [0.25, 0.3) is 0 Å². The van der Waals surface area contributed by atoms with Gasteiger partial charge >= 0.3 is 0 Å². The number of likely N-dealkylation sites (tertiary alicyclic amines) is 1. The summed E-state index contributed by atoms with van der Waals surface area (Å²) in [6, 6.07) is 0. The lowest BCUT2D eigenvalue weighted by Gasteiger charge is -2.36. The molecule has 0 atom stereocenters. The maximum Gasteiger partial charge on any atom is 0.251 e. The van der Waals surface area contributed by atoms with Crippen LogP contribution in [0.2, 0.25) is 0 Å². The van der Waals surface area contributed by atoms with Gasteiger partial charge in [-0.15, -0.1) is 0 Å². The molecule has 2 saturated heterocycles. The van der Waals surface area contributed by atoms with E-state index in [1.165, 1.54) is 0 Å². The van der Waals surface area contributed by atoms with Crippen molar-refractivity contribution >= 4 is 0 Å². The quantitative estimate of drug-likeness (QED) is 0.822. The first kappa shape index (κ1) is 13.2. The first-order valence-corrected chi connectivity index (χ1v) is 6.85. The molecule has 1 N–H and O–H groups in total. The molecular formula is C13H24F2N2. The number of hydrogen-bond acceptors (Lipinski definition) is 2. The van der Waals surface area contributed by atoms with Crippen molar-refractivity contribution in [3.63, 3.8) is 0 Å². The van der Waals surface area contributed by atoms with Crippen LogP contribution in [0, 0.1) is 11.8 Å². The minimum atomic E-state index is -2.44. The molecule has 2 rings (SSSR count). The second kappa shape index (κ2) is 5.61. The van der Waals surface area contributed by atoms with Crippen LogP contribution < -0.4 is 5.32 Å². The first-order valence-electron chi connectivity index (χ1n) is 6.85. The van der Waals surface area contributed by atoms with Crippen LogP contribution in [-0.2, 0) is 0 Å². The van der Waals surface area contributed by atoms with Crippen LogP contribution in [0.5, 0.6) is 0 Å². The lowest BCUT2D eigenvalue weighted by Crippen LogP contribution is -2.41. The standard InChI is InChI=1S/C13H24F2N2/c1-17-8-4-12(5-9-17)13(14,15)10-11-2-6-16-7-3-11/h11-12,16H,2-10H2,1H3. The van der Waals surface area contributed by atoms with E-state index in [2.05, 4.69) is 10.2 Å². The molecule has 4 heteroatoms. The Morgan fingerprint density at radius 1 is 1.12 bits per heavy atom. The fraction of sp³-hybridized carbons (Fsp3) is 1.00. The molecule has 2 fully saturated rings. The molecule has 2 nitrogen and oxygen atoms in total. The summed E-state index contributed by atoms with van der Waals surface area (Å²) in [7, 11) is 2.02. The number of piperidine rings is 2. The smallest absolute Gasteiger partial charge is 0.251 e. The first-order chi connectivity index (χ1) is 8.08. The van der Waals surface area contributed by atoms with E-state index in [4.69, 9.17) is 0 Å². The molecule has 17 heavy (non-hydrogen) atoms. The predicted molar refractivity (Wildman–Crippen MR) is 65.4 cm³/mol. The van der Waals surface area contributed by atoms with Crippen molar-refractivity contribution in [3.05, 3.63) is 0 Å². The van der Waals surface area contributed by atoms with Gasteiger partial charge in [0.1, 0.15) is 0 Å². The van der Waals surface area contributed by atoms with E-state index in [9.17, 15) is 8.78 Å². The second-order valence-corrected chi connectivity index (χ2v) is 5.74. The number of nitrogens with one attached hydrogen (secondary N) is 1. The van der Waals surface area contributed by atoms with Gasteiger partial charge in [0.2, 0.25) is 0 Å². The van der Waals surface area contributed by atoms with E-state index >= 15 is 0 Å². The highest BCUT2D eigenvalue weighted by Crippen LogP contribution is 2.39. The molecule has 2 heterocycles. The maximum atomic E-state index is 14.2. The average Bonchev–Trinajstić information content (AvgIpc) is 2.30. The number of hydrogen-bond donors (Lipinski definition) is 1. The van der Waals surface area contributed by atoms with Gasteiger partial charge in [-0.2, -0.15) is 0 Å². The summed E-state index contributed by atoms with van der Waals surface area (Å²) in [5.74, 6) is -2.59. The van der Waals surface area contributed by atoms with E-state index in [0.29, 0.717) is 12.8 Å². The molecule has 0 saturated carbocycles. The van der Waals surface area contributed by atoms with Gasteiger partial charge in [-0.1, -0.05) is 0 Å². The number of nitrogens with zero attached hydrogens (tertiary/aromatic N) is 1. The molecular weight excluding hydrogens is 222 g/mol. The Morgan fingerprint density at radius 2 is 1.71 bits per heavy atom. The minimum Gasteiger partial charge on any atom is -0.317 e. The van der Waals surface area contributed by atoms with Crippen molar-refractivity contribution < 1.29 is 8.78 Å². The highest BCUT2D eigenvalue weighted by molar-refractivity contribution is 4.85. The van der Waals surface area contributed by atoms with Crippen molar-refractivity contribution in [1.82, 2.24) is 10.2 Å². The van der Waals surface area contributed by atoms with Crippen molar-refractivity contribution in [3.8, 4) is 0 Å². The summed E-state index contributed by atoms with van der Waals surface area (Å²) < 4.78 is 28.4. The Bertz CT molecular complexity index is 232. The molecule has 0 aromatic carbocycles. The van der Waals surface area contributed by atoms with Crippen LogP contribution in [0.1, 0.15) is 32.1 Å². The third kappa shape index (κ3) is 3.62. The molecule has 100 valence electrons. The topological polar surface area (TPSA) is 15.3 Å². The fourth-order valence-electron chi connectivity index (χ4n) is 3.07. The van der Waals surface area contributed by atoms with Crippen molar-refractivity contribution in [2.75, 3.05) is 33.2 Å². The Labute approximate surface area is 103 Å².